The minimum absolute atomic E-state index is 0.0467. The number of carbonyl (C=O) groups is 2. The van der Waals surface area contributed by atoms with E-state index in [0.717, 1.165) is 23.4 Å². The monoisotopic (exact) mass is 460 g/mol. The number of carbonyl (C=O) groups excluding carboxylic acids is 2. The zero-order chi connectivity index (χ0) is 23.6. The molecule has 2 aromatic carbocycles. The third kappa shape index (κ3) is 5.13. The van der Waals surface area contributed by atoms with Crippen molar-refractivity contribution in [2.75, 3.05) is 41.8 Å². The third-order valence-corrected chi connectivity index (χ3v) is 6.29. The molecule has 0 saturated carbocycles. The van der Waals surface area contributed by atoms with Crippen molar-refractivity contribution in [3.63, 3.8) is 0 Å². The van der Waals surface area contributed by atoms with Crippen molar-refractivity contribution in [3.05, 3.63) is 54.6 Å². The van der Waals surface area contributed by atoms with Gasteiger partial charge in [0.1, 0.15) is 6.04 Å². The molecule has 2 unspecified atom stereocenters. The van der Waals surface area contributed by atoms with Gasteiger partial charge < -0.3 is 10.2 Å². The second-order valence-corrected chi connectivity index (χ2v) is 8.57. The number of nitrogens with zero attached hydrogens (tertiary/aromatic N) is 3. The van der Waals surface area contributed by atoms with Gasteiger partial charge >= 0.3 is 6.18 Å². The van der Waals surface area contributed by atoms with E-state index in [1.165, 1.54) is 12.1 Å². The van der Waals surface area contributed by atoms with Crippen LogP contribution in [0.25, 0.3) is 0 Å². The highest BCUT2D eigenvalue weighted by molar-refractivity contribution is 6.05. The first kappa shape index (κ1) is 23.1. The lowest BCUT2D eigenvalue weighted by Crippen LogP contribution is -2.53. The first-order valence-corrected chi connectivity index (χ1v) is 11.0. The Morgan fingerprint density at radius 1 is 1.12 bits per heavy atom. The van der Waals surface area contributed by atoms with E-state index in [2.05, 4.69) is 10.2 Å². The van der Waals surface area contributed by atoms with Gasteiger partial charge in [0, 0.05) is 25.3 Å². The van der Waals surface area contributed by atoms with Crippen LogP contribution in [0.2, 0.25) is 0 Å². The summed E-state index contributed by atoms with van der Waals surface area (Å²) >= 11 is 0. The second-order valence-electron chi connectivity index (χ2n) is 8.57. The Morgan fingerprint density at radius 3 is 2.55 bits per heavy atom. The molecule has 4 rings (SSSR count). The van der Waals surface area contributed by atoms with Crippen molar-refractivity contribution in [1.29, 1.82) is 0 Å². The summed E-state index contributed by atoms with van der Waals surface area (Å²) in [6.07, 6.45) is -3.82. The molecule has 1 fully saturated rings. The zero-order valence-corrected chi connectivity index (χ0v) is 18.4. The minimum Gasteiger partial charge on any atom is -0.373 e. The molecule has 2 atom stereocenters. The van der Waals surface area contributed by atoms with Crippen LogP contribution in [0.3, 0.4) is 0 Å². The lowest BCUT2D eigenvalue weighted by molar-refractivity contribution is -0.158. The number of likely N-dealkylation sites (tertiary alicyclic amines) is 1. The number of nitrogens with one attached hydrogen (secondary N) is 1. The average molecular weight is 461 g/mol. The molecule has 1 saturated heterocycles. The van der Waals surface area contributed by atoms with Gasteiger partial charge in [-0.3, -0.25) is 19.4 Å². The van der Waals surface area contributed by atoms with Crippen LogP contribution in [-0.4, -0.2) is 61.7 Å². The van der Waals surface area contributed by atoms with Crippen molar-refractivity contribution >= 4 is 28.9 Å². The highest BCUT2D eigenvalue weighted by Gasteiger charge is 2.49. The number of alkyl halides is 3. The Balaban J connectivity index is 1.55. The summed E-state index contributed by atoms with van der Waals surface area (Å²) in [7, 11) is 1.97. The van der Waals surface area contributed by atoms with Crippen LogP contribution in [0.5, 0.6) is 0 Å². The van der Waals surface area contributed by atoms with Gasteiger partial charge in [-0.2, -0.15) is 13.2 Å². The lowest BCUT2D eigenvalue weighted by Gasteiger charge is -2.35. The number of likely N-dealkylation sites (N-methyl/N-ethyl adjacent to an activating group) is 1. The van der Waals surface area contributed by atoms with Gasteiger partial charge in [0.2, 0.25) is 11.8 Å². The molecule has 0 bridgehead atoms. The van der Waals surface area contributed by atoms with Crippen LogP contribution in [0.4, 0.5) is 30.2 Å². The SMILES string of the molecule is CN(CC1CCCN1CC(=O)N1c2ccccc2NC(=O)CC1C(F)(F)F)c1ccccc1. The summed E-state index contributed by atoms with van der Waals surface area (Å²) in [6.45, 7) is 1.17. The number of benzene rings is 2. The molecule has 2 aliphatic rings. The maximum absolute atomic E-state index is 14.0. The van der Waals surface area contributed by atoms with Gasteiger partial charge in [0.25, 0.3) is 0 Å². The highest BCUT2D eigenvalue weighted by Crippen LogP contribution is 2.38. The molecule has 2 aliphatic heterocycles. The average Bonchev–Trinajstić information content (AvgIpc) is 3.13. The zero-order valence-electron chi connectivity index (χ0n) is 18.4. The molecule has 0 aliphatic carbocycles. The fourth-order valence-corrected chi connectivity index (χ4v) is 4.66. The van der Waals surface area contributed by atoms with Crippen LogP contribution in [0.1, 0.15) is 19.3 Å². The number of amides is 2. The molecule has 0 spiro atoms. The molecule has 33 heavy (non-hydrogen) atoms. The molecule has 6 nitrogen and oxygen atoms in total. The number of fused-ring (bicyclic) bond motifs is 1. The standard InChI is InChI=1S/C24H27F3N4O2/c1-29(17-8-3-2-4-9-17)15-18-10-7-13-30(18)16-23(33)31-20-12-6-5-11-19(20)28-22(32)14-21(31)24(25,26)27/h2-6,8-9,11-12,18,21H,7,10,13-16H2,1H3,(H,28,32). The van der Waals surface area contributed by atoms with Crippen molar-refractivity contribution in [2.45, 2.75) is 37.5 Å². The van der Waals surface area contributed by atoms with E-state index in [4.69, 9.17) is 0 Å². The summed E-state index contributed by atoms with van der Waals surface area (Å²) in [5.41, 5.74) is 1.33. The minimum atomic E-state index is -4.73. The van der Waals surface area contributed by atoms with E-state index in [9.17, 15) is 22.8 Å². The van der Waals surface area contributed by atoms with Gasteiger partial charge in [-0.05, 0) is 43.7 Å². The summed E-state index contributed by atoms with van der Waals surface area (Å²) in [5.74, 6) is -1.42. The summed E-state index contributed by atoms with van der Waals surface area (Å²) in [5, 5.41) is 2.50. The number of hydrogen-bond acceptors (Lipinski definition) is 4. The number of para-hydroxylation sites is 3. The van der Waals surface area contributed by atoms with Crippen LogP contribution in [-0.2, 0) is 9.59 Å². The van der Waals surface area contributed by atoms with Gasteiger partial charge in [0.15, 0.2) is 0 Å². The highest BCUT2D eigenvalue weighted by atomic mass is 19.4. The largest absolute Gasteiger partial charge is 0.409 e. The Kier molecular flexibility index (Phi) is 6.60. The van der Waals surface area contributed by atoms with Crippen LogP contribution >= 0.6 is 0 Å². The molecule has 0 radical (unpaired) electrons. The smallest absolute Gasteiger partial charge is 0.373 e. The number of halogens is 3. The summed E-state index contributed by atoms with van der Waals surface area (Å²) < 4.78 is 41.9. The first-order chi connectivity index (χ1) is 15.7. The number of hydrogen-bond donors (Lipinski definition) is 1. The maximum Gasteiger partial charge on any atom is 0.409 e. The first-order valence-electron chi connectivity index (χ1n) is 11.0. The van der Waals surface area contributed by atoms with E-state index in [0.29, 0.717) is 13.1 Å². The van der Waals surface area contributed by atoms with Gasteiger partial charge in [-0.25, -0.2) is 0 Å². The van der Waals surface area contributed by atoms with Crippen LogP contribution in [0, 0.1) is 0 Å². The van der Waals surface area contributed by atoms with Crippen molar-refractivity contribution in [1.82, 2.24) is 4.90 Å². The topological polar surface area (TPSA) is 55.9 Å². The van der Waals surface area contributed by atoms with E-state index >= 15 is 0 Å². The third-order valence-electron chi connectivity index (χ3n) is 6.29. The maximum atomic E-state index is 14.0. The molecule has 9 heteroatoms. The Labute approximate surface area is 191 Å². The molecule has 176 valence electrons. The van der Waals surface area contributed by atoms with Crippen molar-refractivity contribution in [3.8, 4) is 0 Å². The molecule has 0 aromatic heterocycles. The predicted octanol–water partition coefficient (Wildman–Crippen LogP) is 3.89. The predicted molar refractivity (Wildman–Crippen MR) is 121 cm³/mol. The molecule has 2 aromatic rings. The lowest BCUT2D eigenvalue weighted by atomic mass is 10.1. The quantitative estimate of drug-likeness (QED) is 0.736. The van der Waals surface area contributed by atoms with Crippen molar-refractivity contribution < 1.29 is 22.8 Å². The summed E-state index contributed by atoms with van der Waals surface area (Å²) in [4.78, 5) is 30.3. The summed E-state index contributed by atoms with van der Waals surface area (Å²) in [6, 6.07) is 13.8. The van der Waals surface area contributed by atoms with E-state index in [1.807, 2.05) is 42.3 Å². The Morgan fingerprint density at radius 2 is 1.82 bits per heavy atom. The molecular weight excluding hydrogens is 433 g/mol. The van der Waals surface area contributed by atoms with E-state index < -0.39 is 30.5 Å². The molecule has 1 N–H and O–H groups in total. The molecule has 2 amide bonds. The van der Waals surface area contributed by atoms with E-state index in [-0.39, 0.29) is 24.0 Å². The van der Waals surface area contributed by atoms with Crippen molar-refractivity contribution in [2.24, 2.45) is 0 Å². The van der Waals surface area contributed by atoms with E-state index in [1.54, 1.807) is 12.1 Å². The Bertz CT molecular complexity index is 999. The normalized spacial score (nSPS) is 21.3. The van der Waals surface area contributed by atoms with Gasteiger partial charge in [0.05, 0.1) is 24.3 Å². The number of rotatable bonds is 5. The molecule has 2 heterocycles. The van der Waals surface area contributed by atoms with Crippen LogP contribution in [0.15, 0.2) is 54.6 Å². The fourth-order valence-electron chi connectivity index (χ4n) is 4.66. The second kappa shape index (κ2) is 9.43. The number of anilines is 3. The Hall–Kier alpha value is -3.07. The fraction of sp³-hybridized carbons (Fsp3) is 0.417. The van der Waals surface area contributed by atoms with Crippen LogP contribution < -0.4 is 15.1 Å². The van der Waals surface area contributed by atoms with Gasteiger partial charge in [-0.1, -0.05) is 30.3 Å². The molecular formula is C24H27F3N4O2. The van der Waals surface area contributed by atoms with Gasteiger partial charge in [-0.15, -0.1) is 0 Å².